The molecule has 0 fully saturated rings. The summed E-state index contributed by atoms with van der Waals surface area (Å²) in [7, 11) is 0. The van der Waals surface area contributed by atoms with Crippen LogP contribution < -0.4 is 5.32 Å². The first kappa shape index (κ1) is 19.1. The zero-order chi connectivity index (χ0) is 20.6. The fourth-order valence-electron chi connectivity index (χ4n) is 2.74. The molecule has 9 heteroatoms. The van der Waals surface area contributed by atoms with Crippen LogP contribution in [-0.4, -0.2) is 15.3 Å². The molecule has 29 heavy (non-hydrogen) atoms. The van der Waals surface area contributed by atoms with E-state index in [1.165, 1.54) is 35.6 Å². The maximum absolute atomic E-state index is 12.9. The van der Waals surface area contributed by atoms with Gasteiger partial charge in [-0.05, 0) is 35.4 Å². The second kappa shape index (κ2) is 7.32. The van der Waals surface area contributed by atoms with Gasteiger partial charge in [-0.1, -0.05) is 35.6 Å². The average Bonchev–Trinajstić information content (AvgIpc) is 3.26. The molecule has 0 saturated heterocycles. The van der Waals surface area contributed by atoms with Crippen molar-refractivity contribution in [2.75, 3.05) is 0 Å². The molecular weight excluding hydrogens is 406 g/mol. The molecule has 0 unspecified atom stereocenters. The summed E-state index contributed by atoms with van der Waals surface area (Å²) in [4.78, 5) is 17.8. The summed E-state index contributed by atoms with van der Waals surface area (Å²) < 4.78 is 52.6. The highest BCUT2D eigenvalue weighted by atomic mass is 32.1. The van der Waals surface area contributed by atoms with E-state index < -0.39 is 11.7 Å². The van der Waals surface area contributed by atoms with Gasteiger partial charge in [0.1, 0.15) is 11.5 Å². The van der Waals surface area contributed by atoms with Crippen LogP contribution in [0.25, 0.3) is 15.4 Å². The molecular formula is C20H13F4N3OS. The summed E-state index contributed by atoms with van der Waals surface area (Å²) in [5, 5.41) is 2.71. The van der Waals surface area contributed by atoms with Gasteiger partial charge in [-0.25, -0.2) is 9.37 Å². The maximum atomic E-state index is 12.9. The van der Waals surface area contributed by atoms with Crippen molar-refractivity contribution in [2.24, 2.45) is 0 Å². The van der Waals surface area contributed by atoms with Crippen LogP contribution in [-0.2, 0) is 12.7 Å². The molecule has 4 nitrogen and oxygen atoms in total. The average molecular weight is 419 g/mol. The number of imidazole rings is 1. The minimum absolute atomic E-state index is 0.220. The summed E-state index contributed by atoms with van der Waals surface area (Å²) in [6.07, 6.45) is -1.11. The molecule has 0 spiro atoms. The molecule has 4 aromatic rings. The minimum atomic E-state index is -4.38. The van der Waals surface area contributed by atoms with Crippen molar-refractivity contribution in [3.8, 4) is 10.4 Å². The number of halogens is 4. The normalized spacial score (nSPS) is 11.7. The molecule has 1 N–H and O–H groups in total. The van der Waals surface area contributed by atoms with Crippen LogP contribution in [0.5, 0.6) is 0 Å². The van der Waals surface area contributed by atoms with Gasteiger partial charge >= 0.3 is 6.18 Å². The number of fused-ring (bicyclic) bond motifs is 1. The van der Waals surface area contributed by atoms with Crippen molar-refractivity contribution in [3.63, 3.8) is 0 Å². The van der Waals surface area contributed by atoms with E-state index in [-0.39, 0.29) is 24.0 Å². The van der Waals surface area contributed by atoms with Gasteiger partial charge in [0, 0.05) is 18.9 Å². The number of carbonyl (C=O) groups is 1. The second-order valence-electron chi connectivity index (χ2n) is 6.30. The van der Waals surface area contributed by atoms with Gasteiger partial charge in [0.25, 0.3) is 5.91 Å². The molecule has 0 aliphatic heterocycles. The number of hydrogen-bond acceptors (Lipinski definition) is 3. The number of alkyl halides is 3. The largest absolute Gasteiger partial charge is 0.416 e. The monoisotopic (exact) mass is 419 g/mol. The van der Waals surface area contributed by atoms with Gasteiger partial charge in [-0.15, -0.1) is 0 Å². The fourth-order valence-corrected chi connectivity index (χ4v) is 3.71. The van der Waals surface area contributed by atoms with Crippen LogP contribution in [0.2, 0.25) is 0 Å². The van der Waals surface area contributed by atoms with Gasteiger partial charge in [0.15, 0.2) is 4.96 Å². The zero-order valence-electron chi connectivity index (χ0n) is 14.7. The van der Waals surface area contributed by atoms with E-state index in [0.717, 1.165) is 22.6 Å². The number of nitrogens with zero attached hydrogens (tertiary/aromatic N) is 2. The van der Waals surface area contributed by atoms with Crippen LogP contribution in [0, 0.1) is 5.82 Å². The number of benzene rings is 2. The molecule has 0 saturated carbocycles. The Morgan fingerprint density at radius 1 is 1.03 bits per heavy atom. The van der Waals surface area contributed by atoms with Crippen molar-refractivity contribution in [2.45, 2.75) is 12.7 Å². The van der Waals surface area contributed by atoms with Gasteiger partial charge in [-0.2, -0.15) is 13.2 Å². The smallest absolute Gasteiger partial charge is 0.347 e. The van der Waals surface area contributed by atoms with E-state index in [2.05, 4.69) is 10.3 Å². The lowest BCUT2D eigenvalue weighted by molar-refractivity contribution is -0.137. The van der Waals surface area contributed by atoms with Crippen molar-refractivity contribution in [1.82, 2.24) is 14.7 Å². The number of rotatable bonds is 4. The van der Waals surface area contributed by atoms with E-state index >= 15 is 0 Å². The highest BCUT2D eigenvalue weighted by molar-refractivity contribution is 7.20. The van der Waals surface area contributed by atoms with E-state index in [4.69, 9.17) is 0 Å². The van der Waals surface area contributed by atoms with E-state index in [1.807, 2.05) is 0 Å². The standard InChI is InChI=1S/C20H13F4N3OS/c21-15-7-1-12(2-8-15)9-25-18(28)16-10-27-11-17(29-19(27)26-16)13-3-5-14(6-4-13)20(22,23)24/h1-8,10-11H,9H2,(H,25,28). The third-order valence-corrected chi connectivity index (χ3v) is 5.30. The first-order valence-electron chi connectivity index (χ1n) is 8.48. The van der Waals surface area contributed by atoms with E-state index in [1.54, 1.807) is 28.9 Å². The maximum Gasteiger partial charge on any atom is 0.416 e. The third kappa shape index (κ3) is 4.14. The molecule has 0 atom stereocenters. The lowest BCUT2D eigenvalue weighted by Gasteiger charge is -2.06. The van der Waals surface area contributed by atoms with Gasteiger partial charge < -0.3 is 5.32 Å². The predicted molar refractivity (Wildman–Crippen MR) is 101 cm³/mol. The molecule has 2 aromatic heterocycles. The van der Waals surface area contributed by atoms with Gasteiger partial charge in [0.2, 0.25) is 0 Å². The summed E-state index contributed by atoms with van der Waals surface area (Å²) >= 11 is 1.27. The molecule has 2 heterocycles. The molecule has 0 bridgehead atoms. The first-order chi connectivity index (χ1) is 13.8. The third-order valence-electron chi connectivity index (χ3n) is 4.25. The Kier molecular flexibility index (Phi) is 4.83. The molecule has 4 rings (SSSR count). The van der Waals surface area contributed by atoms with Crippen molar-refractivity contribution in [1.29, 1.82) is 0 Å². The Morgan fingerprint density at radius 2 is 1.72 bits per heavy atom. The number of nitrogens with one attached hydrogen (secondary N) is 1. The highest BCUT2D eigenvalue weighted by Crippen LogP contribution is 2.33. The number of carbonyl (C=O) groups excluding carboxylic acids is 1. The Morgan fingerprint density at radius 3 is 2.34 bits per heavy atom. The van der Waals surface area contributed by atoms with E-state index in [9.17, 15) is 22.4 Å². The Hall–Kier alpha value is -3.20. The van der Waals surface area contributed by atoms with Gasteiger partial charge in [0.05, 0.1) is 10.4 Å². The topological polar surface area (TPSA) is 46.4 Å². The fraction of sp³-hybridized carbons (Fsp3) is 0.100. The first-order valence-corrected chi connectivity index (χ1v) is 9.30. The van der Waals surface area contributed by atoms with Crippen molar-refractivity contribution >= 4 is 22.2 Å². The van der Waals surface area contributed by atoms with E-state index in [0.29, 0.717) is 10.5 Å². The second-order valence-corrected chi connectivity index (χ2v) is 7.30. The lowest BCUT2D eigenvalue weighted by Crippen LogP contribution is -2.23. The van der Waals surface area contributed by atoms with Crippen molar-refractivity contribution in [3.05, 3.63) is 83.6 Å². The van der Waals surface area contributed by atoms with Crippen LogP contribution in [0.4, 0.5) is 17.6 Å². The number of amides is 1. The van der Waals surface area contributed by atoms with Crippen LogP contribution >= 0.6 is 11.3 Å². The van der Waals surface area contributed by atoms with Crippen LogP contribution in [0.15, 0.2) is 60.9 Å². The Bertz CT molecular complexity index is 1130. The highest BCUT2D eigenvalue weighted by Gasteiger charge is 2.30. The Labute approximate surface area is 166 Å². The van der Waals surface area contributed by atoms with Crippen molar-refractivity contribution < 1.29 is 22.4 Å². The number of thiazole rings is 1. The number of aromatic nitrogens is 2. The van der Waals surface area contributed by atoms with Crippen LogP contribution in [0.3, 0.4) is 0 Å². The number of hydrogen-bond donors (Lipinski definition) is 1. The molecule has 1 amide bonds. The summed E-state index contributed by atoms with van der Waals surface area (Å²) in [5.41, 5.74) is 0.904. The lowest BCUT2D eigenvalue weighted by atomic mass is 10.1. The molecule has 0 aliphatic rings. The quantitative estimate of drug-likeness (QED) is 0.465. The SMILES string of the molecule is O=C(NCc1ccc(F)cc1)c1cn2cc(-c3ccc(C(F)(F)F)cc3)sc2n1. The van der Waals surface area contributed by atoms with Crippen LogP contribution in [0.1, 0.15) is 21.6 Å². The summed E-state index contributed by atoms with van der Waals surface area (Å²) in [6, 6.07) is 10.7. The molecule has 0 radical (unpaired) electrons. The summed E-state index contributed by atoms with van der Waals surface area (Å²) in [6.45, 7) is 0.237. The molecule has 0 aliphatic carbocycles. The molecule has 148 valence electrons. The summed E-state index contributed by atoms with van der Waals surface area (Å²) in [5.74, 6) is -0.723. The Balaban J connectivity index is 1.47. The zero-order valence-corrected chi connectivity index (χ0v) is 15.5. The minimum Gasteiger partial charge on any atom is -0.347 e. The predicted octanol–water partition coefficient (Wildman–Crippen LogP) is 5.15. The van der Waals surface area contributed by atoms with Gasteiger partial charge in [-0.3, -0.25) is 9.20 Å². The molecule has 2 aromatic carbocycles.